The molecule has 1 amide bonds. The minimum absolute atomic E-state index is 0.0825. The number of carbonyl (C=O) groups is 1. The van der Waals surface area contributed by atoms with Crippen LogP contribution in [-0.2, 0) is 10.0 Å². The smallest absolute Gasteiger partial charge is 0.277 e. The minimum Gasteiger partial charge on any atom is -0.305 e. The third kappa shape index (κ3) is 4.12. The van der Waals surface area contributed by atoms with Gasteiger partial charge in [0, 0.05) is 19.3 Å². The van der Waals surface area contributed by atoms with Crippen molar-refractivity contribution in [1.29, 1.82) is 0 Å². The Kier molecular flexibility index (Phi) is 5.38. The molecule has 0 bridgehead atoms. The second kappa shape index (κ2) is 7.71. The van der Waals surface area contributed by atoms with Gasteiger partial charge in [-0.3, -0.25) is 9.78 Å². The molecule has 0 saturated carbocycles. The average Bonchev–Trinajstić information content (AvgIpc) is 2.69. The second-order valence-electron chi connectivity index (χ2n) is 5.70. The number of hydrogen-bond donors (Lipinski definition) is 1. The monoisotopic (exact) mass is 373 g/mol. The van der Waals surface area contributed by atoms with Crippen LogP contribution >= 0.6 is 0 Å². The van der Waals surface area contributed by atoms with Crippen LogP contribution in [0.2, 0.25) is 0 Å². The standard InChI is InChI=1S/C17H19N5O3S/c1-2-26(24,25)22-9-6-13(7-10-22)14-11-18-12-15(20-14)17(23)21-16-5-3-4-8-19-16/h3-6,8,11-12H,2,7,9-10H2,1H3,(H,19,21,23). The summed E-state index contributed by atoms with van der Waals surface area (Å²) in [4.78, 5) is 24.8. The maximum absolute atomic E-state index is 12.3. The maximum atomic E-state index is 12.3. The fourth-order valence-corrected chi connectivity index (χ4v) is 3.60. The number of rotatable bonds is 5. The molecule has 0 spiro atoms. The predicted molar refractivity (Wildman–Crippen MR) is 97.9 cm³/mol. The summed E-state index contributed by atoms with van der Waals surface area (Å²) in [5, 5.41) is 2.66. The lowest BCUT2D eigenvalue weighted by Crippen LogP contribution is -2.35. The van der Waals surface area contributed by atoms with Crippen LogP contribution in [0.15, 0.2) is 42.9 Å². The van der Waals surface area contributed by atoms with Crippen LogP contribution in [0.4, 0.5) is 5.82 Å². The van der Waals surface area contributed by atoms with E-state index in [-0.39, 0.29) is 11.4 Å². The van der Waals surface area contributed by atoms with Crippen molar-refractivity contribution in [3.8, 4) is 0 Å². The van der Waals surface area contributed by atoms with Gasteiger partial charge in [0.25, 0.3) is 5.91 Å². The van der Waals surface area contributed by atoms with Crippen molar-refractivity contribution >= 4 is 27.3 Å². The van der Waals surface area contributed by atoms with E-state index in [4.69, 9.17) is 0 Å². The van der Waals surface area contributed by atoms with E-state index in [1.54, 1.807) is 37.5 Å². The van der Waals surface area contributed by atoms with E-state index in [2.05, 4.69) is 20.3 Å². The second-order valence-corrected chi connectivity index (χ2v) is 7.95. The summed E-state index contributed by atoms with van der Waals surface area (Å²) < 4.78 is 25.3. The molecule has 0 unspecified atom stereocenters. The summed E-state index contributed by atoms with van der Waals surface area (Å²) >= 11 is 0. The van der Waals surface area contributed by atoms with Crippen LogP contribution in [0, 0.1) is 0 Å². The van der Waals surface area contributed by atoms with E-state index >= 15 is 0 Å². The zero-order valence-electron chi connectivity index (χ0n) is 14.3. The van der Waals surface area contributed by atoms with Crippen molar-refractivity contribution in [2.75, 3.05) is 24.2 Å². The van der Waals surface area contributed by atoms with Crippen molar-refractivity contribution in [3.63, 3.8) is 0 Å². The van der Waals surface area contributed by atoms with E-state index in [0.29, 0.717) is 31.0 Å². The Morgan fingerprint density at radius 3 is 2.81 bits per heavy atom. The Labute approximate surface area is 152 Å². The predicted octanol–water partition coefficient (Wildman–Crippen LogP) is 1.56. The van der Waals surface area contributed by atoms with Crippen molar-refractivity contribution in [2.24, 2.45) is 0 Å². The lowest BCUT2D eigenvalue weighted by molar-refractivity contribution is 0.102. The van der Waals surface area contributed by atoms with Gasteiger partial charge in [-0.1, -0.05) is 12.1 Å². The van der Waals surface area contributed by atoms with Crippen molar-refractivity contribution in [1.82, 2.24) is 19.3 Å². The number of sulfonamides is 1. The fourth-order valence-electron chi connectivity index (χ4n) is 2.57. The van der Waals surface area contributed by atoms with Crippen LogP contribution in [0.25, 0.3) is 5.57 Å². The van der Waals surface area contributed by atoms with E-state index in [1.165, 1.54) is 10.5 Å². The van der Waals surface area contributed by atoms with Gasteiger partial charge in [-0.15, -0.1) is 0 Å². The van der Waals surface area contributed by atoms with Crippen molar-refractivity contribution < 1.29 is 13.2 Å². The summed E-state index contributed by atoms with van der Waals surface area (Å²) in [6.07, 6.45) is 6.90. The number of aromatic nitrogens is 3. The molecule has 8 nitrogen and oxygen atoms in total. The first kappa shape index (κ1) is 18.2. The highest BCUT2D eigenvalue weighted by Crippen LogP contribution is 2.22. The topological polar surface area (TPSA) is 105 Å². The number of amides is 1. The molecule has 136 valence electrons. The first-order valence-electron chi connectivity index (χ1n) is 8.21. The Balaban J connectivity index is 1.75. The third-order valence-electron chi connectivity index (χ3n) is 4.03. The summed E-state index contributed by atoms with van der Waals surface area (Å²) in [5.41, 5.74) is 1.64. The number of anilines is 1. The molecule has 1 aliphatic rings. The van der Waals surface area contributed by atoms with Gasteiger partial charge in [0.1, 0.15) is 11.5 Å². The van der Waals surface area contributed by atoms with E-state index in [9.17, 15) is 13.2 Å². The number of carbonyl (C=O) groups excluding carboxylic acids is 1. The molecule has 0 aromatic carbocycles. The molecule has 9 heteroatoms. The molecule has 0 aliphatic carbocycles. The first-order chi connectivity index (χ1) is 12.5. The number of nitrogens with zero attached hydrogens (tertiary/aromatic N) is 4. The van der Waals surface area contributed by atoms with Crippen LogP contribution in [-0.4, -0.2) is 52.4 Å². The molecular formula is C17H19N5O3S. The Morgan fingerprint density at radius 2 is 2.15 bits per heavy atom. The summed E-state index contributed by atoms with van der Waals surface area (Å²) in [6.45, 7) is 2.33. The highest BCUT2D eigenvalue weighted by Gasteiger charge is 2.23. The first-order valence-corrected chi connectivity index (χ1v) is 9.82. The summed E-state index contributed by atoms with van der Waals surface area (Å²) in [5.74, 6) is 0.116. The normalized spacial score (nSPS) is 15.3. The molecule has 2 aromatic heterocycles. The third-order valence-corrected chi connectivity index (χ3v) is 5.88. The molecule has 1 N–H and O–H groups in total. The van der Waals surface area contributed by atoms with Gasteiger partial charge in [-0.25, -0.2) is 18.4 Å². The summed E-state index contributed by atoms with van der Waals surface area (Å²) in [7, 11) is -3.20. The highest BCUT2D eigenvalue weighted by atomic mass is 32.2. The van der Waals surface area contributed by atoms with E-state index in [0.717, 1.165) is 5.57 Å². The van der Waals surface area contributed by atoms with E-state index in [1.807, 2.05) is 6.08 Å². The lowest BCUT2D eigenvalue weighted by Gasteiger charge is -2.25. The summed E-state index contributed by atoms with van der Waals surface area (Å²) in [6, 6.07) is 5.21. The molecule has 0 atom stereocenters. The minimum atomic E-state index is -3.20. The average molecular weight is 373 g/mol. The maximum Gasteiger partial charge on any atom is 0.277 e. The van der Waals surface area contributed by atoms with Crippen molar-refractivity contribution in [3.05, 3.63) is 54.3 Å². The van der Waals surface area contributed by atoms with Gasteiger partial charge >= 0.3 is 0 Å². The van der Waals surface area contributed by atoms with Crippen LogP contribution in [0.3, 0.4) is 0 Å². The number of pyridine rings is 1. The SMILES string of the molecule is CCS(=O)(=O)N1CC=C(c2cncc(C(=O)Nc3ccccn3)n2)CC1. The van der Waals surface area contributed by atoms with Gasteiger partial charge in [0.05, 0.1) is 23.8 Å². The largest absolute Gasteiger partial charge is 0.305 e. The van der Waals surface area contributed by atoms with Crippen molar-refractivity contribution in [2.45, 2.75) is 13.3 Å². The van der Waals surface area contributed by atoms with Crippen LogP contribution < -0.4 is 5.32 Å². The number of hydrogen-bond acceptors (Lipinski definition) is 6. The van der Waals surface area contributed by atoms with Gasteiger partial charge < -0.3 is 5.32 Å². The highest BCUT2D eigenvalue weighted by molar-refractivity contribution is 7.89. The molecule has 3 heterocycles. The van der Waals surface area contributed by atoms with Crippen LogP contribution in [0.5, 0.6) is 0 Å². The molecule has 0 fully saturated rings. The lowest BCUT2D eigenvalue weighted by atomic mass is 10.1. The fraction of sp³-hybridized carbons (Fsp3) is 0.294. The molecule has 3 rings (SSSR count). The van der Waals surface area contributed by atoms with Gasteiger partial charge in [0.2, 0.25) is 10.0 Å². The van der Waals surface area contributed by atoms with Gasteiger partial charge in [0.15, 0.2) is 0 Å². The number of nitrogens with one attached hydrogen (secondary N) is 1. The quantitative estimate of drug-likeness (QED) is 0.853. The van der Waals surface area contributed by atoms with Crippen LogP contribution in [0.1, 0.15) is 29.5 Å². The molecule has 1 aliphatic heterocycles. The Morgan fingerprint density at radius 1 is 1.31 bits per heavy atom. The zero-order valence-corrected chi connectivity index (χ0v) is 15.1. The Hall–Kier alpha value is -2.65. The molecular weight excluding hydrogens is 354 g/mol. The Bertz CT molecular complexity index is 928. The van der Waals surface area contributed by atoms with Gasteiger partial charge in [-0.05, 0) is 31.1 Å². The molecule has 2 aromatic rings. The molecule has 0 saturated heterocycles. The van der Waals surface area contributed by atoms with E-state index < -0.39 is 15.9 Å². The molecule has 26 heavy (non-hydrogen) atoms. The zero-order chi connectivity index (χ0) is 18.6. The van der Waals surface area contributed by atoms with Gasteiger partial charge in [-0.2, -0.15) is 4.31 Å². The molecule has 0 radical (unpaired) electrons.